The molecule has 0 N–H and O–H groups in total. The summed E-state index contributed by atoms with van der Waals surface area (Å²) in [5.41, 5.74) is 2.20. The Bertz CT molecular complexity index is 542. The van der Waals surface area contributed by atoms with Crippen molar-refractivity contribution >= 4 is 17.5 Å². The Balaban J connectivity index is 1.96. The summed E-state index contributed by atoms with van der Waals surface area (Å²) in [5, 5.41) is 0. The van der Waals surface area contributed by atoms with E-state index in [9.17, 15) is 9.59 Å². The molecule has 5 nitrogen and oxygen atoms in total. The molecule has 0 fully saturated rings. The summed E-state index contributed by atoms with van der Waals surface area (Å²) >= 11 is 0. The smallest absolute Gasteiger partial charge is 0.246 e. The van der Waals surface area contributed by atoms with Crippen LogP contribution in [-0.4, -0.2) is 61.9 Å². The number of carbonyl (C=O) groups excluding carboxylic acids is 2. The summed E-state index contributed by atoms with van der Waals surface area (Å²) in [5.74, 6) is -0.0374. The van der Waals surface area contributed by atoms with Crippen molar-refractivity contribution in [3.63, 3.8) is 0 Å². The van der Waals surface area contributed by atoms with Crippen LogP contribution in [-0.2, 0) is 16.0 Å². The van der Waals surface area contributed by atoms with E-state index in [2.05, 4.69) is 11.0 Å². The summed E-state index contributed by atoms with van der Waals surface area (Å²) in [7, 11) is 4.01. The molecule has 0 saturated heterocycles. The predicted octanol–water partition coefficient (Wildman–Crippen LogP) is 1.38. The third kappa shape index (κ3) is 4.07. The van der Waals surface area contributed by atoms with Gasteiger partial charge < -0.3 is 14.7 Å². The van der Waals surface area contributed by atoms with Gasteiger partial charge in [0, 0.05) is 25.7 Å². The molecule has 1 aromatic rings. The van der Waals surface area contributed by atoms with Crippen LogP contribution in [0.3, 0.4) is 0 Å². The molecule has 1 aromatic carbocycles. The fourth-order valence-corrected chi connectivity index (χ4v) is 2.77. The van der Waals surface area contributed by atoms with Crippen LogP contribution < -0.4 is 4.90 Å². The minimum atomic E-state index is -0.0420. The molecule has 5 heteroatoms. The van der Waals surface area contributed by atoms with Crippen molar-refractivity contribution < 1.29 is 9.59 Å². The maximum Gasteiger partial charge on any atom is 0.246 e. The third-order valence-electron chi connectivity index (χ3n) is 3.99. The Morgan fingerprint density at radius 3 is 2.59 bits per heavy atom. The molecule has 22 heavy (non-hydrogen) atoms. The van der Waals surface area contributed by atoms with Crippen molar-refractivity contribution in [2.24, 2.45) is 0 Å². The highest BCUT2D eigenvalue weighted by Crippen LogP contribution is 2.27. The molecule has 0 aromatic heterocycles. The third-order valence-corrected chi connectivity index (χ3v) is 3.99. The van der Waals surface area contributed by atoms with Crippen LogP contribution in [0.2, 0.25) is 0 Å². The van der Waals surface area contributed by atoms with E-state index in [0.717, 1.165) is 25.1 Å². The normalized spacial score (nSPS) is 13.4. The van der Waals surface area contributed by atoms with Gasteiger partial charge in [0.15, 0.2) is 0 Å². The molecule has 2 amide bonds. The zero-order valence-corrected chi connectivity index (χ0v) is 13.7. The van der Waals surface area contributed by atoms with Crippen LogP contribution in [0.15, 0.2) is 24.3 Å². The summed E-state index contributed by atoms with van der Waals surface area (Å²) < 4.78 is 0. The van der Waals surface area contributed by atoms with Gasteiger partial charge in [-0.25, -0.2) is 0 Å². The van der Waals surface area contributed by atoms with Crippen LogP contribution in [0.25, 0.3) is 0 Å². The number of fused-ring (bicyclic) bond motifs is 1. The van der Waals surface area contributed by atoms with Gasteiger partial charge in [0.05, 0.1) is 0 Å². The Morgan fingerprint density at radius 2 is 1.91 bits per heavy atom. The lowest BCUT2D eigenvalue weighted by Gasteiger charge is -2.25. The lowest BCUT2D eigenvalue weighted by molar-refractivity contribution is -0.133. The van der Waals surface area contributed by atoms with Gasteiger partial charge in [-0.3, -0.25) is 9.59 Å². The van der Waals surface area contributed by atoms with Crippen molar-refractivity contribution in [2.45, 2.75) is 19.8 Å². The number of rotatable bonds is 6. The van der Waals surface area contributed by atoms with Crippen molar-refractivity contribution in [3.8, 4) is 0 Å². The first-order valence-electron chi connectivity index (χ1n) is 7.77. The number of benzene rings is 1. The van der Waals surface area contributed by atoms with E-state index in [1.165, 1.54) is 12.5 Å². The maximum absolute atomic E-state index is 12.5. The first kappa shape index (κ1) is 16.5. The molecule has 1 heterocycles. The second-order valence-corrected chi connectivity index (χ2v) is 6.02. The number of amides is 2. The molecular weight excluding hydrogens is 278 g/mol. The van der Waals surface area contributed by atoms with E-state index >= 15 is 0 Å². The molecule has 120 valence electrons. The number of anilines is 1. The lowest BCUT2D eigenvalue weighted by atomic mass is 10.2. The first-order valence-corrected chi connectivity index (χ1v) is 7.77. The standard InChI is InChI=1S/C17H25N3O2/c1-14(21)19(11-6-10-18(2)3)13-17(22)20-12-9-15-7-4-5-8-16(15)20/h4-5,7-8H,6,9-13H2,1-3H3. The summed E-state index contributed by atoms with van der Waals surface area (Å²) in [4.78, 5) is 29.8. The molecular formula is C17H25N3O2. The number of hydrogen-bond donors (Lipinski definition) is 0. The Kier molecular flexibility index (Phi) is 5.55. The van der Waals surface area contributed by atoms with Crippen LogP contribution in [0.5, 0.6) is 0 Å². The SMILES string of the molecule is CC(=O)N(CCCN(C)C)CC(=O)N1CCc2ccccc21. The van der Waals surface area contributed by atoms with Crippen molar-refractivity contribution in [3.05, 3.63) is 29.8 Å². The Hall–Kier alpha value is -1.88. The molecule has 0 aliphatic carbocycles. The maximum atomic E-state index is 12.5. The van der Waals surface area contributed by atoms with Crippen LogP contribution >= 0.6 is 0 Å². The van der Waals surface area contributed by atoms with Gasteiger partial charge in [-0.2, -0.15) is 0 Å². The predicted molar refractivity (Wildman–Crippen MR) is 87.9 cm³/mol. The Labute approximate surface area is 132 Å². The van der Waals surface area contributed by atoms with Gasteiger partial charge in [0.25, 0.3) is 0 Å². The second-order valence-electron chi connectivity index (χ2n) is 6.02. The molecule has 0 unspecified atom stereocenters. The first-order chi connectivity index (χ1) is 10.5. The van der Waals surface area contributed by atoms with Gasteiger partial charge in [0.2, 0.25) is 11.8 Å². The number of hydrogen-bond acceptors (Lipinski definition) is 3. The molecule has 0 spiro atoms. The van der Waals surface area contributed by atoms with Gasteiger partial charge in [-0.15, -0.1) is 0 Å². The van der Waals surface area contributed by atoms with Gasteiger partial charge in [-0.1, -0.05) is 18.2 Å². The van der Waals surface area contributed by atoms with Crippen LogP contribution in [0.1, 0.15) is 18.9 Å². The number of carbonyl (C=O) groups is 2. The van der Waals surface area contributed by atoms with Crippen molar-refractivity contribution in [1.82, 2.24) is 9.80 Å². The minimum Gasteiger partial charge on any atom is -0.334 e. The summed E-state index contributed by atoms with van der Waals surface area (Å²) in [6.45, 7) is 3.93. The molecule has 1 aliphatic heterocycles. The quantitative estimate of drug-likeness (QED) is 0.797. The molecule has 2 rings (SSSR count). The molecule has 0 atom stereocenters. The van der Waals surface area contributed by atoms with Crippen LogP contribution in [0.4, 0.5) is 5.69 Å². The molecule has 0 saturated carbocycles. The highest BCUT2D eigenvalue weighted by atomic mass is 16.2. The highest BCUT2D eigenvalue weighted by Gasteiger charge is 2.26. The van der Waals surface area contributed by atoms with Gasteiger partial charge in [0.1, 0.15) is 6.54 Å². The average molecular weight is 303 g/mol. The summed E-state index contributed by atoms with van der Waals surface area (Å²) in [6, 6.07) is 7.98. The van der Waals surface area contributed by atoms with Crippen molar-refractivity contribution in [2.75, 3.05) is 45.2 Å². The van der Waals surface area contributed by atoms with Crippen LogP contribution in [0, 0.1) is 0 Å². The Morgan fingerprint density at radius 1 is 1.18 bits per heavy atom. The zero-order chi connectivity index (χ0) is 16.1. The molecule has 1 aliphatic rings. The monoisotopic (exact) mass is 303 g/mol. The van der Waals surface area contributed by atoms with E-state index in [4.69, 9.17) is 0 Å². The fourth-order valence-electron chi connectivity index (χ4n) is 2.77. The molecule has 0 bridgehead atoms. The lowest BCUT2D eigenvalue weighted by Crippen LogP contribution is -2.42. The summed E-state index contributed by atoms with van der Waals surface area (Å²) in [6.07, 6.45) is 1.76. The highest BCUT2D eigenvalue weighted by molar-refractivity contribution is 5.98. The van der Waals surface area contributed by atoms with E-state index in [1.54, 1.807) is 9.80 Å². The van der Waals surface area contributed by atoms with E-state index in [-0.39, 0.29) is 18.4 Å². The zero-order valence-electron chi connectivity index (χ0n) is 13.7. The topological polar surface area (TPSA) is 43.9 Å². The van der Waals surface area contributed by atoms with E-state index in [1.807, 2.05) is 32.3 Å². The van der Waals surface area contributed by atoms with E-state index in [0.29, 0.717) is 13.1 Å². The fraction of sp³-hybridized carbons (Fsp3) is 0.529. The second kappa shape index (κ2) is 7.40. The number of nitrogens with zero attached hydrogens (tertiary/aromatic N) is 3. The number of para-hydroxylation sites is 1. The average Bonchev–Trinajstić information content (AvgIpc) is 2.89. The molecule has 0 radical (unpaired) electrons. The largest absolute Gasteiger partial charge is 0.334 e. The van der Waals surface area contributed by atoms with Gasteiger partial charge in [-0.05, 0) is 45.1 Å². The minimum absolute atomic E-state index is 0.00463. The van der Waals surface area contributed by atoms with Gasteiger partial charge >= 0.3 is 0 Å². The van der Waals surface area contributed by atoms with E-state index < -0.39 is 0 Å². The van der Waals surface area contributed by atoms with Crippen molar-refractivity contribution in [1.29, 1.82) is 0 Å².